The normalized spacial score (nSPS) is 22.6. The molecule has 2 aromatic heterocycles. The molecule has 0 amide bonds. The largest absolute Gasteiger partial charge is 0.339 e. The summed E-state index contributed by atoms with van der Waals surface area (Å²) >= 11 is 1.80. The number of rotatable bonds is 6. The molecule has 1 saturated heterocycles. The number of hydrogen-bond donors (Lipinski definition) is 0. The van der Waals surface area contributed by atoms with Gasteiger partial charge in [0.1, 0.15) is 0 Å². The predicted molar refractivity (Wildman–Crippen MR) is 89.6 cm³/mol. The standard InChI is InChI=1S/C17H24N4OS/c1-2-4-15-18-14(11-23-15)10-21-8-3-5-13(9-21)16-19-17(22-20-16)12-6-7-12/h11-13H,2-10H2,1H3. The van der Waals surface area contributed by atoms with Gasteiger partial charge in [0.15, 0.2) is 5.82 Å². The Morgan fingerprint density at radius 2 is 2.17 bits per heavy atom. The monoisotopic (exact) mass is 332 g/mol. The third-order valence-corrected chi connectivity index (χ3v) is 5.66. The van der Waals surface area contributed by atoms with Crippen LogP contribution in [-0.4, -0.2) is 33.1 Å². The lowest BCUT2D eigenvalue weighted by Gasteiger charge is -2.30. The summed E-state index contributed by atoms with van der Waals surface area (Å²) in [7, 11) is 0. The molecule has 124 valence electrons. The fourth-order valence-corrected chi connectivity index (χ4v) is 4.19. The number of likely N-dealkylation sites (tertiary alicyclic amines) is 1. The smallest absolute Gasteiger partial charge is 0.229 e. The van der Waals surface area contributed by atoms with Crippen LogP contribution < -0.4 is 0 Å². The maximum absolute atomic E-state index is 5.44. The molecule has 0 radical (unpaired) electrons. The van der Waals surface area contributed by atoms with Crippen molar-refractivity contribution in [2.75, 3.05) is 13.1 Å². The van der Waals surface area contributed by atoms with Gasteiger partial charge < -0.3 is 4.52 Å². The van der Waals surface area contributed by atoms with Gasteiger partial charge in [-0.25, -0.2) is 4.98 Å². The summed E-state index contributed by atoms with van der Waals surface area (Å²) in [6, 6.07) is 0. The van der Waals surface area contributed by atoms with Crippen LogP contribution in [0.25, 0.3) is 0 Å². The minimum absolute atomic E-state index is 0.411. The van der Waals surface area contributed by atoms with Crippen molar-refractivity contribution in [2.24, 2.45) is 0 Å². The molecule has 1 unspecified atom stereocenters. The van der Waals surface area contributed by atoms with E-state index < -0.39 is 0 Å². The van der Waals surface area contributed by atoms with Crippen LogP contribution in [0.1, 0.15) is 73.3 Å². The van der Waals surface area contributed by atoms with E-state index >= 15 is 0 Å². The molecule has 4 rings (SSSR count). The van der Waals surface area contributed by atoms with Crippen LogP contribution in [0.4, 0.5) is 0 Å². The zero-order valence-electron chi connectivity index (χ0n) is 13.7. The topological polar surface area (TPSA) is 55.1 Å². The van der Waals surface area contributed by atoms with Crippen LogP contribution in [0.15, 0.2) is 9.90 Å². The fraction of sp³-hybridized carbons (Fsp3) is 0.706. The van der Waals surface area contributed by atoms with Crippen LogP contribution in [0.5, 0.6) is 0 Å². The van der Waals surface area contributed by atoms with Crippen molar-refractivity contribution in [1.82, 2.24) is 20.0 Å². The summed E-state index contributed by atoms with van der Waals surface area (Å²) in [6.45, 7) is 5.32. The summed E-state index contributed by atoms with van der Waals surface area (Å²) < 4.78 is 5.44. The number of thiazole rings is 1. The first-order valence-corrected chi connectivity index (χ1v) is 9.69. The van der Waals surface area contributed by atoms with Gasteiger partial charge in [-0.1, -0.05) is 12.1 Å². The molecular weight excluding hydrogens is 308 g/mol. The first-order chi connectivity index (χ1) is 11.3. The minimum Gasteiger partial charge on any atom is -0.339 e. The van der Waals surface area contributed by atoms with Crippen molar-refractivity contribution < 1.29 is 4.52 Å². The average molecular weight is 332 g/mol. The van der Waals surface area contributed by atoms with Gasteiger partial charge >= 0.3 is 0 Å². The van der Waals surface area contributed by atoms with Crippen LogP contribution >= 0.6 is 11.3 Å². The zero-order valence-corrected chi connectivity index (χ0v) is 14.5. The number of aryl methyl sites for hydroxylation is 1. The van der Waals surface area contributed by atoms with Crippen LogP contribution in [0.3, 0.4) is 0 Å². The molecule has 2 aromatic rings. The second-order valence-electron chi connectivity index (χ2n) is 6.82. The van der Waals surface area contributed by atoms with E-state index in [2.05, 4.69) is 27.3 Å². The van der Waals surface area contributed by atoms with E-state index in [1.165, 1.54) is 36.4 Å². The third-order valence-electron chi connectivity index (χ3n) is 4.70. The van der Waals surface area contributed by atoms with Crippen molar-refractivity contribution in [2.45, 2.75) is 63.8 Å². The maximum Gasteiger partial charge on any atom is 0.229 e. The Bertz CT molecular complexity index is 649. The van der Waals surface area contributed by atoms with Crippen molar-refractivity contribution in [3.05, 3.63) is 27.8 Å². The second-order valence-corrected chi connectivity index (χ2v) is 7.76. The zero-order chi connectivity index (χ0) is 15.6. The molecular formula is C17H24N4OS. The van der Waals surface area contributed by atoms with Gasteiger partial charge in [-0.15, -0.1) is 11.3 Å². The highest BCUT2D eigenvalue weighted by Crippen LogP contribution is 2.39. The van der Waals surface area contributed by atoms with E-state index in [1.54, 1.807) is 11.3 Å². The Kier molecular flexibility index (Phi) is 4.44. The summed E-state index contributed by atoms with van der Waals surface area (Å²) in [5.74, 6) is 2.74. The maximum atomic E-state index is 5.44. The molecule has 5 nitrogen and oxygen atoms in total. The molecule has 3 heterocycles. The lowest BCUT2D eigenvalue weighted by atomic mass is 9.97. The SMILES string of the molecule is CCCc1nc(CN2CCCC(c3noc(C4CC4)n3)C2)cs1. The Hall–Kier alpha value is -1.27. The van der Waals surface area contributed by atoms with E-state index in [9.17, 15) is 0 Å². The van der Waals surface area contributed by atoms with Crippen molar-refractivity contribution >= 4 is 11.3 Å². The molecule has 1 atom stereocenters. The molecule has 23 heavy (non-hydrogen) atoms. The number of nitrogens with zero attached hydrogens (tertiary/aromatic N) is 4. The molecule has 1 aliphatic carbocycles. The highest BCUT2D eigenvalue weighted by molar-refractivity contribution is 7.09. The highest BCUT2D eigenvalue weighted by Gasteiger charge is 2.32. The van der Waals surface area contributed by atoms with E-state index in [0.29, 0.717) is 11.8 Å². The molecule has 1 saturated carbocycles. The number of hydrogen-bond acceptors (Lipinski definition) is 6. The van der Waals surface area contributed by atoms with Crippen molar-refractivity contribution in [3.63, 3.8) is 0 Å². The molecule has 6 heteroatoms. The first kappa shape index (κ1) is 15.3. The first-order valence-electron chi connectivity index (χ1n) is 8.81. The minimum atomic E-state index is 0.411. The Balaban J connectivity index is 1.37. The molecule has 0 aromatic carbocycles. The van der Waals surface area contributed by atoms with E-state index in [-0.39, 0.29) is 0 Å². The lowest BCUT2D eigenvalue weighted by Crippen LogP contribution is -2.34. The van der Waals surface area contributed by atoms with E-state index in [4.69, 9.17) is 9.51 Å². The highest BCUT2D eigenvalue weighted by atomic mass is 32.1. The molecule has 2 aliphatic rings. The summed E-state index contributed by atoms with van der Waals surface area (Å²) in [5, 5.41) is 7.73. The molecule has 0 N–H and O–H groups in total. The lowest BCUT2D eigenvalue weighted by molar-refractivity contribution is 0.193. The Morgan fingerprint density at radius 1 is 1.26 bits per heavy atom. The summed E-state index contributed by atoms with van der Waals surface area (Å²) in [5.41, 5.74) is 1.21. The second kappa shape index (κ2) is 6.69. The van der Waals surface area contributed by atoms with Crippen LogP contribution in [0.2, 0.25) is 0 Å². The van der Waals surface area contributed by atoms with Gasteiger partial charge in [-0.05, 0) is 45.1 Å². The third kappa shape index (κ3) is 3.63. The van der Waals surface area contributed by atoms with Crippen LogP contribution in [0, 0.1) is 0 Å². The van der Waals surface area contributed by atoms with E-state index in [1.807, 2.05) is 0 Å². The number of aromatic nitrogens is 3. The quantitative estimate of drug-likeness (QED) is 0.806. The van der Waals surface area contributed by atoms with Crippen LogP contribution in [-0.2, 0) is 13.0 Å². The molecule has 0 bridgehead atoms. The van der Waals surface area contributed by atoms with Crippen molar-refractivity contribution in [3.8, 4) is 0 Å². The Morgan fingerprint density at radius 3 is 3.00 bits per heavy atom. The predicted octanol–water partition coefficient (Wildman–Crippen LogP) is 3.74. The molecule has 2 fully saturated rings. The van der Waals surface area contributed by atoms with Gasteiger partial charge in [0, 0.05) is 30.3 Å². The van der Waals surface area contributed by atoms with Gasteiger partial charge in [0.05, 0.1) is 10.7 Å². The molecule has 1 aliphatic heterocycles. The summed E-state index contributed by atoms with van der Waals surface area (Å²) in [4.78, 5) is 11.9. The number of piperidine rings is 1. The average Bonchev–Trinajstić information content (AvgIpc) is 3.13. The van der Waals surface area contributed by atoms with Gasteiger partial charge in [-0.2, -0.15) is 4.98 Å². The van der Waals surface area contributed by atoms with E-state index in [0.717, 1.165) is 44.2 Å². The Labute approximate surface area is 141 Å². The van der Waals surface area contributed by atoms with Crippen molar-refractivity contribution in [1.29, 1.82) is 0 Å². The van der Waals surface area contributed by atoms with Gasteiger partial charge in [-0.3, -0.25) is 4.90 Å². The fourth-order valence-electron chi connectivity index (χ4n) is 3.30. The summed E-state index contributed by atoms with van der Waals surface area (Å²) in [6.07, 6.45) is 7.05. The molecule has 0 spiro atoms. The van der Waals surface area contributed by atoms with Gasteiger partial charge in [0.25, 0.3) is 0 Å². The van der Waals surface area contributed by atoms with Gasteiger partial charge in [0.2, 0.25) is 5.89 Å².